The van der Waals surface area contributed by atoms with Crippen LogP contribution in [-0.4, -0.2) is 56.5 Å². The van der Waals surface area contributed by atoms with Gasteiger partial charge >= 0.3 is 0 Å². The summed E-state index contributed by atoms with van der Waals surface area (Å²) in [5.74, 6) is -4.19. The third-order valence-corrected chi connectivity index (χ3v) is 5.37. The Kier molecular flexibility index (Phi) is 5.86. The van der Waals surface area contributed by atoms with E-state index in [4.69, 9.17) is 0 Å². The SMILES string of the molecule is CC(C)(C)NC(=O)c1cn(-c2c(F)cc(F)cc2F)c2nc(N3C[C@@H](O)[C@H](O)C3)ccc2c1=O. The van der Waals surface area contributed by atoms with Crippen molar-refractivity contribution in [3.8, 4) is 5.69 Å². The van der Waals surface area contributed by atoms with Crippen LogP contribution in [0.3, 0.4) is 0 Å². The van der Waals surface area contributed by atoms with Crippen molar-refractivity contribution in [1.82, 2.24) is 14.9 Å². The molecule has 11 heteroatoms. The van der Waals surface area contributed by atoms with Gasteiger partial charge in [-0.25, -0.2) is 18.2 Å². The summed E-state index contributed by atoms with van der Waals surface area (Å²) in [5, 5.41) is 22.2. The number of anilines is 1. The van der Waals surface area contributed by atoms with Gasteiger partial charge < -0.3 is 20.4 Å². The number of benzene rings is 1. The van der Waals surface area contributed by atoms with Crippen molar-refractivity contribution in [2.45, 2.75) is 38.5 Å². The smallest absolute Gasteiger partial charge is 0.257 e. The van der Waals surface area contributed by atoms with Crippen LogP contribution < -0.4 is 15.6 Å². The molecule has 1 fully saturated rings. The molecule has 4 rings (SSSR count). The van der Waals surface area contributed by atoms with Gasteiger partial charge in [-0.15, -0.1) is 0 Å². The van der Waals surface area contributed by atoms with Gasteiger partial charge in [0.1, 0.15) is 22.9 Å². The van der Waals surface area contributed by atoms with Crippen LogP contribution in [0.25, 0.3) is 16.7 Å². The van der Waals surface area contributed by atoms with E-state index in [2.05, 4.69) is 10.3 Å². The molecule has 1 aromatic carbocycles. The van der Waals surface area contributed by atoms with Crippen molar-refractivity contribution in [3.63, 3.8) is 0 Å². The van der Waals surface area contributed by atoms with Crippen LogP contribution in [0.15, 0.2) is 35.3 Å². The van der Waals surface area contributed by atoms with Gasteiger partial charge in [0.15, 0.2) is 17.3 Å². The second-order valence-corrected chi connectivity index (χ2v) is 9.24. The number of carbonyl (C=O) groups is 1. The molecule has 3 aromatic rings. The van der Waals surface area contributed by atoms with Gasteiger partial charge in [0.25, 0.3) is 5.91 Å². The molecule has 34 heavy (non-hydrogen) atoms. The maximum absolute atomic E-state index is 14.7. The Morgan fingerprint density at radius 3 is 2.24 bits per heavy atom. The van der Waals surface area contributed by atoms with Gasteiger partial charge in [-0.3, -0.25) is 14.2 Å². The van der Waals surface area contributed by atoms with Crippen LogP contribution in [0.2, 0.25) is 0 Å². The molecule has 0 spiro atoms. The van der Waals surface area contributed by atoms with E-state index in [0.717, 1.165) is 10.8 Å². The average Bonchev–Trinajstić information content (AvgIpc) is 3.05. The van der Waals surface area contributed by atoms with Crippen LogP contribution in [0, 0.1) is 17.5 Å². The zero-order valence-electron chi connectivity index (χ0n) is 18.6. The van der Waals surface area contributed by atoms with Gasteiger partial charge in [-0.2, -0.15) is 0 Å². The van der Waals surface area contributed by atoms with E-state index in [0.29, 0.717) is 12.1 Å². The van der Waals surface area contributed by atoms with Crippen molar-refractivity contribution in [2.24, 2.45) is 0 Å². The largest absolute Gasteiger partial charge is 0.389 e. The van der Waals surface area contributed by atoms with Crippen LogP contribution >= 0.6 is 0 Å². The molecule has 0 unspecified atom stereocenters. The van der Waals surface area contributed by atoms with E-state index in [9.17, 15) is 33.0 Å². The molecule has 3 N–H and O–H groups in total. The summed E-state index contributed by atoms with van der Waals surface area (Å²) in [6.45, 7) is 5.22. The number of halogens is 3. The van der Waals surface area contributed by atoms with Crippen molar-refractivity contribution in [2.75, 3.05) is 18.0 Å². The van der Waals surface area contributed by atoms with Crippen LogP contribution in [-0.2, 0) is 0 Å². The maximum Gasteiger partial charge on any atom is 0.257 e. The van der Waals surface area contributed by atoms with Crippen LogP contribution in [0.4, 0.5) is 19.0 Å². The average molecular weight is 476 g/mol. The Bertz CT molecular complexity index is 1320. The number of carbonyl (C=O) groups excluding carboxylic acids is 1. The molecule has 2 aromatic heterocycles. The quantitative estimate of drug-likeness (QED) is 0.533. The fourth-order valence-electron chi connectivity index (χ4n) is 3.83. The molecule has 1 saturated heterocycles. The third-order valence-electron chi connectivity index (χ3n) is 5.37. The van der Waals surface area contributed by atoms with E-state index in [-0.39, 0.29) is 35.5 Å². The Labute approximate surface area is 192 Å². The zero-order valence-corrected chi connectivity index (χ0v) is 18.6. The second-order valence-electron chi connectivity index (χ2n) is 9.24. The van der Waals surface area contributed by atoms with Gasteiger partial charge in [-0.1, -0.05) is 0 Å². The van der Waals surface area contributed by atoms with Crippen LogP contribution in [0.5, 0.6) is 0 Å². The van der Waals surface area contributed by atoms with Gasteiger partial charge in [0, 0.05) is 37.0 Å². The van der Waals surface area contributed by atoms with Crippen molar-refractivity contribution in [3.05, 3.63) is 63.7 Å². The summed E-state index contributed by atoms with van der Waals surface area (Å²) in [6, 6.07) is 3.75. The monoisotopic (exact) mass is 476 g/mol. The van der Waals surface area contributed by atoms with Gasteiger partial charge in [0.2, 0.25) is 5.43 Å². The van der Waals surface area contributed by atoms with E-state index in [1.54, 1.807) is 25.7 Å². The molecule has 0 bridgehead atoms. The Hall–Kier alpha value is -3.44. The van der Waals surface area contributed by atoms with Gasteiger partial charge in [-0.05, 0) is 32.9 Å². The van der Waals surface area contributed by atoms with Gasteiger partial charge in [0.05, 0.1) is 17.6 Å². The topological polar surface area (TPSA) is 108 Å². The highest BCUT2D eigenvalue weighted by Gasteiger charge is 2.31. The molecule has 0 saturated carbocycles. The highest BCUT2D eigenvalue weighted by molar-refractivity contribution is 5.97. The number of hydrogen-bond acceptors (Lipinski definition) is 6. The lowest BCUT2D eigenvalue weighted by atomic mass is 10.1. The fraction of sp³-hybridized carbons (Fsp3) is 0.348. The second kappa shape index (κ2) is 8.41. The number of pyridine rings is 2. The summed E-state index contributed by atoms with van der Waals surface area (Å²) in [4.78, 5) is 31.9. The van der Waals surface area contributed by atoms with E-state index in [1.807, 2.05) is 0 Å². The summed E-state index contributed by atoms with van der Waals surface area (Å²) in [5.41, 5.74) is -2.70. The number of rotatable bonds is 3. The molecule has 1 aliphatic heterocycles. The number of aliphatic hydroxyl groups is 2. The maximum atomic E-state index is 14.7. The first-order valence-electron chi connectivity index (χ1n) is 10.5. The molecule has 0 radical (unpaired) electrons. The molecule has 3 heterocycles. The Balaban J connectivity index is 1.99. The number of aromatic nitrogens is 2. The van der Waals surface area contributed by atoms with Crippen molar-refractivity contribution in [1.29, 1.82) is 0 Å². The molecule has 1 aliphatic rings. The molecular weight excluding hydrogens is 453 g/mol. The highest BCUT2D eigenvalue weighted by Crippen LogP contribution is 2.26. The first kappa shape index (κ1) is 23.7. The Morgan fingerprint density at radius 2 is 1.68 bits per heavy atom. The minimum Gasteiger partial charge on any atom is -0.389 e. The normalized spacial score (nSPS) is 18.5. The summed E-state index contributed by atoms with van der Waals surface area (Å²) in [6.07, 6.45) is -1.07. The number of β-amino-alcohol motifs (C(OH)–C–C–N with tert-alkyl or cyclic N) is 2. The highest BCUT2D eigenvalue weighted by atomic mass is 19.1. The van der Waals surface area contributed by atoms with Crippen LogP contribution in [0.1, 0.15) is 31.1 Å². The summed E-state index contributed by atoms with van der Waals surface area (Å²) in [7, 11) is 0. The van der Waals surface area contributed by atoms with Crippen molar-refractivity contribution < 1.29 is 28.2 Å². The molecule has 2 atom stereocenters. The summed E-state index contributed by atoms with van der Waals surface area (Å²) >= 11 is 0. The third kappa shape index (κ3) is 4.36. The summed E-state index contributed by atoms with van der Waals surface area (Å²) < 4.78 is 44.0. The molecule has 180 valence electrons. The Morgan fingerprint density at radius 1 is 1.09 bits per heavy atom. The lowest BCUT2D eigenvalue weighted by Crippen LogP contribution is -2.42. The minimum atomic E-state index is -1.26. The molecule has 1 amide bonds. The standard InChI is InChI=1S/C23H23F3N4O4/c1-23(2,3)28-22(34)13-8-30(19-14(25)6-11(24)7-15(19)26)21-12(20(13)33)4-5-18(27-21)29-9-16(31)17(32)10-29/h4-8,16-17,31-32H,9-10H2,1-3H3,(H,28,34)/t16-,17-/m1/s1. The number of amides is 1. The molecular formula is C23H23F3N4O4. The lowest BCUT2D eigenvalue weighted by molar-refractivity contribution is 0.0572. The fourth-order valence-corrected chi connectivity index (χ4v) is 3.83. The predicted octanol–water partition coefficient (Wildman–Crippen LogP) is 1.87. The number of nitrogens with one attached hydrogen (secondary N) is 1. The van der Waals surface area contributed by atoms with E-state index >= 15 is 0 Å². The predicted molar refractivity (Wildman–Crippen MR) is 119 cm³/mol. The zero-order chi connectivity index (χ0) is 24.9. The van der Waals surface area contributed by atoms with E-state index in [1.165, 1.54) is 12.1 Å². The molecule has 0 aliphatic carbocycles. The first-order chi connectivity index (χ1) is 15.9. The lowest BCUT2D eigenvalue weighted by Gasteiger charge is -2.22. The number of aliphatic hydroxyl groups excluding tert-OH is 2. The number of hydrogen-bond donors (Lipinski definition) is 3. The van der Waals surface area contributed by atoms with E-state index < -0.39 is 52.2 Å². The minimum absolute atomic E-state index is 0.0508. The number of nitrogens with zero attached hydrogens (tertiary/aromatic N) is 3. The molecule has 8 nitrogen and oxygen atoms in total. The first-order valence-corrected chi connectivity index (χ1v) is 10.5. The van der Waals surface area contributed by atoms with Crippen molar-refractivity contribution >= 4 is 22.8 Å². The number of fused-ring (bicyclic) bond motifs is 1.